The number of amides is 1. The molecule has 1 saturated heterocycles. The molecule has 1 aromatic carbocycles. The molecule has 2 aromatic rings. The Labute approximate surface area is 166 Å². The highest BCUT2D eigenvalue weighted by Crippen LogP contribution is 2.25. The van der Waals surface area contributed by atoms with E-state index >= 15 is 0 Å². The number of benzene rings is 1. The van der Waals surface area contributed by atoms with Crippen LogP contribution in [0.4, 0.5) is 11.5 Å². The Kier molecular flexibility index (Phi) is 6.25. The molecule has 1 aliphatic rings. The summed E-state index contributed by atoms with van der Waals surface area (Å²) in [6.45, 7) is 4.18. The average Bonchev–Trinajstić information content (AvgIpc) is 3.19. The van der Waals surface area contributed by atoms with Gasteiger partial charge >= 0.3 is 0 Å². The molecule has 1 N–H and O–H groups in total. The van der Waals surface area contributed by atoms with Crippen LogP contribution in [0.2, 0.25) is 5.02 Å². The maximum Gasteiger partial charge on any atom is 0.288 e. The molecule has 9 nitrogen and oxygen atoms in total. The molecule has 0 saturated carbocycles. The van der Waals surface area contributed by atoms with E-state index < -0.39 is 10.8 Å². The molecule has 2 heterocycles. The molecule has 0 aliphatic carbocycles. The topological polar surface area (TPSA) is 110 Å². The molecule has 10 heteroatoms. The number of nitrogens with zero attached hydrogens (tertiary/aromatic N) is 4. The average molecular weight is 406 g/mol. The van der Waals surface area contributed by atoms with Crippen LogP contribution in [0.5, 0.6) is 5.88 Å². The first kappa shape index (κ1) is 19.8. The number of aryl methyl sites for hydroxylation is 1. The van der Waals surface area contributed by atoms with Crippen molar-refractivity contribution in [1.29, 1.82) is 0 Å². The number of rotatable bonds is 7. The van der Waals surface area contributed by atoms with E-state index in [1.54, 1.807) is 6.07 Å². The van der Waals surface area contributed by atoms with Crippen LogP contribution in [-0.4, -0.2) is 47.0 Å². The van der Waals surface area contributed by atoms with E-state index in [2.05, 4.69) is 20.2 Å². The van der Waals surface area contributed by atoms with Gasteiger partial charge in [-0.3, -0.25) is 14.9 Å². The molecule has 148 valence electrons. The van der Waals surface area contributed by atoms with Gasteiger partial charge in [0.25, 0.3) is 11.6 Å². The third kappa shape index (κ3) is 4.86. The molecular formula is C18H20ClN5O4. The Bertz CT molecular complexity index is 886. The number of nitro benzene ring substituents is 1. The molecule has 3 rings (SSSR count). The van der Waals surface area contributed by atoms with Crippen molar-refractivity contribution in [3.05, 3.63) is 50.8 Å². The Balaban J connectivity index is 1.54. The number of nitro groups is 1. The number of hydrogen-bond donors (Lipinski definition) is 1. The Morgan fingerprint density at radius 3 is 2.79 bits per heavy atom. The number of hydrogen-bond acceptors (Lipinski definition) is 7. The zero-order chi connectivity index (χ0) is 20.1. The molecule has 0 atom stereocenters. The highest BCUT2D eigenvalue weighted by Gasteiger charge is 2.17. The Morgan fingerprint density at radius 2 is 2.07 bits per heavy atom. The number of nitrogens with one attached hydrogen (secondary N) is 1. The van der Waals surface area contributed by atoms with Gasteiger partial charge < -0.3 is 15.0 Å². The van der Waals surface area contributed by atoms with Gasteiger partial charge in [-0.2, -0.15) is 4.98 Å². The second-order valence-electron chi connectivity index (χ2n) is 6.33. The van der Waals surface area contributed by atoms with Gasteiger partial charge in [0.15, 0.2) is 0 Å². The SMILES string of the molecule is Cc1nc(OCCNC(=O)c2ccc(Cl)c([N+](=O)[O-])c2)cc(N2CCCC2)n1. The minimum absolute atomic E-state index is 0.0159. The molecule has 1 aromatic heterocycles. The van der Waals surface area contributed by atoms with Crippen molar-refractivity contribution in [2.75, 3.05) is 31.1 Å². The molecule has 0 bridgehead atoms. The number of anilines is 1. The van der Waals surface area contributed by atoms with Gasteiger partial charge in [-0.05, 0) is 31.9 Å². The first-order valence-corrected chi connectivity index (χ1v) is 9.27. The van der Waals surface area contributed by atoms with Gasteiger partial charge in [0, 0.05) is 30.8 Å². The zero-order valence-corrected chi connectivity index (χ0v) is 16.1. The third-order valence-corrected chi connectivity index (χ3v) is 4.59. The molecular weight excluding hydrogens is 386 g/mol. The number of ether oxygens (including phenoxy) is 1. The fraction of sp³-hybridized carbons (Fsp3) is 0.389. The summed E-state index contributed by atoms with van der Waals surface area (Å²) >= 11 is 5.75. The summed E-state index contributed by atoms with van der Waals surface area (Å²) in [5, 5.41) is 13.6. The largest absolute Gasteiger partial charge is 0.476 e. The molecule has 1 fully saturated rings. The number of carbonyl (C=O) groups is 1. The maximum atomic E-state index is 12.2. The monoisotopic (exact) mass is 405 g/mol. The second-order valence-corrected chi connectivity index (χ2v) is 6.74. The molecule has 0 radical (unpaired) electrons. The van der Waals surface area contributed by atoms with E-state index in [0.29, 0.717) is 11.7 Å². The van der Waals surface area contributed by atoms with Crippen molar-refractivity contribution in [2.24, 2.45) is 0 Å². The van der Waals surface area contributed by atoms with Crippen molar-refractivity contribution in [3.63, 3.8) is 0 Å². The lowest BCUT2D eigenvalue weighted by atomic mass is 10.2. The highest BCUT2D eigenvalue weighted by atomic mass is 35.5. The van der Waals surface area contributed by atoms with Crippen LogP contribution in [0.1, 0.15) is 29.0 Å². The summed E-state index contributed by atoms with van der Waals surface area (Å²) in [5.74, 6) is 1.47. The van der Waals surface area contributed by atoms with E-state index in [4.69, 9.17) is 16.3 Å². The van der Waals surface area contributed by atoms with Gasteiger partial charge in [-0.15, -0.1) is 0 Å². The Morgan fingerprint density at radius 1 is 1.32 bits per heavy atom. The van der Waals surface area contributed by atoms with Crippen molar-refractivity contribution in [2.45, 2.75) is 19.8 Å². The standard InChI is InChI=1S/C18H20ClN5O4/c1-12-21-16(23-7-2-3-8-23)11-17(22-12)28-9-6-20-18(25)13-4-5-14(19)15(10-13)24(26)27/h4-5,10-11H,2-3,6-9H2,1H3,(H,20,25). The van der Waals surface area contributed by atoms with Gasteiger partial charge in [-0.1, -0.05) is 11.6 Å². The fourth-order valence-corrected chi connectivity index (χ4v) is 3.11. The summed E-state index contributed by atoms with van der Waals surface area (Å²) in [6.07, 6.45) is 2.29. The summed E-state index contributed by atoms with van der Waals surface area (Å²) in [4.78, 5) is 33.3. The summed E-state index contributed by atoms with van der Waals surface area (Å²) in [6, 6.07) is 5.70. The number of carbonyl (C=O) groups excluding carboxylic acids is 1. The highest BCUT2D eigenvalue weighted by molar-refractivity contribution is 6.32. The van der Waals surface area contributed by atoms with Gasteiger partial charge in [0.2, 0.25) is 5.88 Å². The molecule has 28 heavy (non-hydrogen) atoms. The lowest BCUT2D eigenvalue weighted by Crippen LogP contribution is -2.28. The van der Waals surface area contributed by atoms with Crippen LogP contribution in [0.3, 0.4) is 0 Å². The van der Waals surface area contributed by atoms with Crippen LogP contribution in [0, 0.1) is 17.0 Å². The van der Waals surface area contributed by atoms with Gasteiger partial charge in [0.05, 0.1) is 11.5 Å². The van der Waals surface area contributed by atoms with Gasteiger partial charge in [0.1, 0.15) is 23.3 Å². The second kappa shape index (κ2) is 8.83. The minimum Gasteiger partial charge on any atom is -0.476 e. The Hall–Kier alpha value is -2.94. The van der Waals surface area contributed by atoms with Crippen molar-refractivity contribution < 1.29 is 14.5 Å². The van der Waals surface area contributed by atoms with E-state index in [1.807, 2.05) is 6.92 Å². The molecule has 1 aliphatic heterocycles. The first-order valence-electron chi connectivity index (χ1n) is 8.89. The normalized spacial score (nSPS) is 13.4. The van der Waals surface area contributed by atoms with E-state index in [9.17, 15) is 14.9 Å². The first-order chi connectivity index (χ1) is 13.4. The predicted octanol–water partition coefficient (Wildman–Crippen LogP) is 2.76. The van der Waals surface area contributed by atoms with Crippen LogP contribution < -0.4 is 15.0 Å². The molecule has 1 amide bonds. The third-order valence-electron chi connectivity index (χ3n) is 4.27. The fourth-order valence-electron chi connectivity index (χ4n) is 2.92. The summed E-state index contributed by atoms with van der Waals surface area (Å²) in [5.41, 5.74) is -0.151. The molecule has 0 unspecified atom stereocenters. The smallest absolute Gasteiger partial charge is 0.288 e. The zero-order valence-electron chi connectivity index (χ0n) is 15.4. The lowest BCUT2D eigenvalue weighted by Gasteiger charge is -2.17. The maximum absolute atomic E-state index is 12.2. The van der Waals surface area contributed by atoms with Crippen LogP contribution in [0.25, 0.3) is 0 Å². The molecule has 0 spiro atoms. The summed E-state index contributed by atoms with van der Waals surface area (Å²) in [7, 11) is 0. The minimum atomic E-state index is -0.627. The number of halogens is 1. The van der Waals surface area contributed by atoms with Crippen molar-refractivity contribution in [1.82, 2.24) is 15.3 Å². The quantitative estimate of drug-likeness (QED) is 0.428. The van der Waals surface area contributed by atoms with Crippen molar-refractivity contribution in [3.8, 4) is 5.88 Å². The van der Waals surface area contributed by atoms with Gasteiger partial charge in [-0.25, -0.2) is 4.98 Å². The van der Waals surface area contributed by atoms with Crippen LogP contribution in [-0.2, 0) is 0 Å². The number of aromatic nitrogens is 2. The van der Waals surface area contributed by atoms with E-state index in [-0.39, 0.29) is 29.4 Å². The van der Waals surface area contributed by atoms with Crippen LogP contribution >= 0.6 is 11.6 Å². The van der Waals surface area contributed by atoms with E-state index in [1.165, 1.54) is 12.1 Å². The van der Waals surface area contributed by atoms with Crippen molar-refractivity contribution >= 4 is 29.0 Å². The van der Waals surface area contributed by atoms with E-state index in [0.717, 1.165) is 37.8 Å². The lowest BCUT2D eigenvalue weighted by molar-refractivity contribution is -0.384. The van der Waals surface area contributed by atoms with Crippen LogP contribution in [0.15, 0.2) is 24.3 Å². The summed E-state index contributed by atoms with van der Waals surface area (Å²) < 4.78 is 5.63. The predicted molar refractivity (Wildman–Crippen MR) is 104 cm³/mol.